The van der Waals surface area contributed by atoms with E-state index in [2.05, 4.69) is 20.2 Å². The van der Waals surface area contributed by atoms with Crippen molar-refractivity contribution in [3.05, 3.63) is 46.7 Å². The number of nitrogens with zero attached hydrogens (tertiary/aromatic N) is 4. The number of aliphatic hydroxyl groups is 5. The van der Waals surface area contributed by atoms with Gasteiger partial charge in [0.2, 0.25) is 11.9 Å². The van der Waals surface area contributed by atoms with E-state index in [0.717, 1.165) is 50.9 Å². The van der Waals surface area contributed by atoms with Gasteiger partial charge in [0.05, 0.1) is 43.2 Å². The summed E-state index contributed by atoms with van der Waals surface area (Å²) in [6.45, 7) is 2.26. The second kappa shape index (κ2) is 16.7. The van der Waals surface area contributed by atoms with E-state index in [1.807, 2.05) is 0 Å². The van der Waals surface area contributed by atoms with Crippen molar-refractivity contribution in [2.75, 3.05) is 57.4 Å². The Hall–Kier alpha value is -2.72. The number of nitrogens with one attached hydrogen (secondary N) is 1. The summed E-state index contributed by atoms with van der Waals surface area (Å²) in [5.41, 5.74) is -0.314. The van der Waals surface area contributed by atoms with E-state index in [1.165, 1.54) is 4.90 Å². The van der Waals surface area contributed by atoms with Crippen molar-refractivity contribution in [1.82, 2.24) is 20.2 Å². The van der Waals surface area contributed by atoms with E-state index >= 15 is 0 Å². The molecule has 0 saturated carbocycles. The fourth-order valence-corrected chi connectivity index (χ4v) is 5.67. The number of rotatable bonds is 16. The van der Waals surface area contributed by atoms with Crippen molar-refractivity contribution in [3.63, 3.8) is 0 Å². The molecule has 0 bridgehead atoms. The maximum absolute atomic E-state index is 14.8. The number of halogens is 3. The molecule has 0 radical (unpaired) electrons. The Labute approximate surface area is 265 Å². The van der Waals surface area contributed by atoms with Crippen LogP contribution in [0.25, 0.3) is 0 Å². The molecule has 0 spiro atoms. The van der Waals surface area contributed by atoms with Gasteiger partial charge in [0.1, 0.15) is 35.7 Å². The summed E-state index contributed by atoms with van der Waals surface area (Å²) in [6, 6.07) is 2.21. The molecule has 45 heavy (non-hydrogen) atoms. The molecule has 4 atom stereocenters. The Morgan fingerprint density at radius 2 is 1.64 bits per heavy atom. The number of carbonyl (C=O) groups excluding carboxylic acids is 1. The van der Waals surface area contributed by atoms with E-state index < -0.39 is 55.0 Å². The van der Waals surface area contributed by atoms with Crippen LogP contribution >= 0.6 is 11.6 Å². The zero-order chi connectivity index (χ0) is 32.5. The number of anilines is 1. The molecular formula is C30H42ClF2N5O7. The van der Waals surface area contributed by atoms with Crippen molar-refractivity contribution >= 4 is 23.5 Å². The minimum Gasteiger partial charge on any atom is -0.493 e. The van der Waals surface area contributed by atoms with Gasteiger partial charge in [0.25, 0.3) is 0 Å². The van der Waals surface area contributed by atoms with Crippen LogP contribution in [0.3, 0.4) is 0 Å². The van der Waals surface area contributed by atoms with Gasteiger partial charge in [-0.25, -0.2) is 18.7 Å². The fraction of sp³-hybridized carbons (Fsp3) is 0.633. The second-order valence-electron chi connectivity index (χ2n) is 11.8. The number of ether oxygens (including phenoxy) is 1. The number of hydrogen-bond acceptors (Lipinski definition) is 11. The summed E-state index contributed by atoms with van der Waals surface area (Å²) in [6.07, 6.45) is 0.0578. The lowest BCUT2D eigenvalue weighted by Crippen LogP contribution is -2.55. The Morgan fingerprint density at radius 1 is 1.02 bits per heavy atom. The highest BCUT2D eigenvalue weighted by Gasteiger charge is 2.33. The molecule has 1 aromatic carbocycles. The number of benzene rings is 1. The standard InChI is InChI=1S/C30H42ClF2N5O7/c31-20-12-35-30(36-13-20)37-5-3-18(4-6-37)2-1-7-45-21-8-23(32)22(24(33)9-21)10-27(42)38-15-19(16-38)11-34-14-25(40)28(43)29(44)26(41)17-39/h8-9,12-13,18-19,25-26,28-29,34,39-41,43-44H,1-7,10-11,14-17H2/t25-,26+,28+,29+/m0/s1. The third-order valence-electron chi connectivity index (χ3n) is 8.39. The highest BCUT2D eigenvalue weighted by Crippen LogP contribution is 2.26. The van der Waals surface area contributed by atoms with Crippen LogP contribution in [0.5, 0.6) is 5.75 Å². The highest BCUT2D eigenvalue weighted by atomic mass is 35.5. The van der Waals surface area contributed by atoms with Crippen molar-refractivity contribution < 1.29 is 43.8 Å². The van der Waals surface area contributed by atoms with E-state index in [9.17, 15) is 34.0 Å². The van der Waals surface area contributed by atoms with Gasteiger partial charge in [-0.2, -0.15) is 0 Å². The van der Waals surface area contributed by atoms with Crippen LogP contribution in [0.2, 0.25) is 5.02 Å². The van der Waals surface area contributed by atoms with Crippen LogP contribution < -0.4 is 15.0 Å². The van der Waals surface area contributed by atoms with Crippen LogP contribution in [-0.2, 0) is 11.2 Å². The van der Waals surface area contributed by atoms with Gasteiger partial charge in [-0.3, -0.25) is 4.79 Å². The first-order valence-corrected chi connectivity index (χ1v) is 15.6. The molecule has 1 amide bonds. The monoisotopic (exact) mass is 657 g/mol. The van der Waals surface area contributed by atoms with E-state index in [1.54, 1.807) is 12.4 Å². The molecule has 12 nitrogen and oxygen atoms in total. The maximum Gasteiger partial charge on any atom is 0.227 e. The predicted molar refractivity (Wildman–Crippen MR) is 161 cm³/mol. The van der Waals surface area contributed by atoms with Crippen LogP contribution in [0.15, 0.2) is 24.5 Å². The van der Waals surface area contributed by atoms with Gasteiger partial charge in [-0.05, 0) is 31.6 Å². The van der Waals surface area contributed by atoms with Gasteiger partial charge in [0.15, 0.2) is 0 Å². The molecule has 2 aromatic rings. The second-order valence-corrected chi connectivity index (χ2v) is 12.2. The average Bonchev–Trinajstić information content (AvgIpc) is 3.01. The Kier molecular flexibility index (Phi) is 13.1. The number of piperidine rings is 1. The SMILES string of the molecule is O=C(Cc1c(F)cc(OCCCC2CCN(c3ncc(Cl)cn3)CC2)cc1F)N1CC(CNC[C@H](O)[C@@H](O)[C@H](O)[C@H](O)CO)C1. The lowest BCUT2D eigenvalue weighted by atomic mass is 9.92. The minimum absolute atomic E-state index is 0.0294. The van der Waals surface area contributed by atoms with Gasteiger partial charge in [-0.1, -0.05) is 11.6 Å². The Bertz CT molecular complexity index is 1210. The summed E-state index contributed by atoms with van der Waals surface area (Å²) in [5, 5.41) is 51.1. The first-order chi connectivity index (χ1) is 21.5. The first kappa shape index (κ1) is 35.1. The summed E-state index contributed by atoms with van der Waals surface area (Å²) in [5.74, 6) is -0.794. The molecule has 2 aliphatic rings. The largest absolute Gasteiger partial charge is 0.493 e. The molecule has 4 rings (SSSR count). The normalized spacial score (nSPS) is 18.8. The molecule has 2 saturated heterocycles. The minimum atomic E-state index is -1.71. The third-order valence-corrected chi connectivity index (χ3v) is 8.59. The van der Waals surface area contributed by atoms with E-state index in [0.29, 0.717) is 43.1 Å². The van der Waals surface area contributed by atoms with Gasteiger partial charge in [0, 0.05) is 62.9 Å². The van der Waals surface area contributed by atoms with Crippen molar-refractivity contribution in [1.29, 1.82) is 0 Å². The summed E-state index contributed by atoms with van der Waals surface area (Å²) in [4.78, 5) is 24.8. The zero-order valence-corrected chi connectivity index (χ0v) is 25.7. The van der Waals surface area contributed by atoms with Gasteiger partial charge in [-0.15, -0.1) is 0 Å². The van der Waals surface area contributed by atoms with Crippen LogP contribution in [-0.4, -0.2) is 123 Å². The smallest absolute Gasteiger partial charge is 0.227 e. The molecule has 0 unspecified atom stereocenters. The quantitative estimate of drug-likeness (QED) is 0.139. The lowest BCUT2D eigenvalue weighted by molar-refractivity contribution is -0.136. The number of aliphatic hydroxyl groups excluding tert-OH is 5. The molecule has 250 valence electrons. The fourth-order valence-electron chi connectivity index (χ4n) is 5.57. The summed E-state index contributed by atoms with van der Waals surface area (Å²) >= 11 is 5.86. The zero-order valence-electron chi connectivity index (χ0n) is 24.9. The number of carbonyl (C=O) groups is 1. The number of amides is 1. The van der Waals surface area contributed by atoms with Crippen molar-refractivity contribution in [2.45, 2.75) is 56.5 Å². The average molecular weight is 658 g/mol. The molecule has 3 heterocycles. The molecule has 2 fully saturated rings. The molecule has 6 N–H and O–H groups in total. The maximum atomic E-state index is 14.8. The third kappa shape index (κ3) is 9.88. The highest BCUT2D eigenvalue weighted by molar-refractivity contribution is 6.30. The molecular weight excluding hydrogens is 616 g/mol. The molecule has 2 aliphatic heterocycles. The van der Waals surface area contributed by atoms with Crippen LogP contribution in [0.4, 0.5) is 14.7 Å². The predicted octanol–water partition coefficient (Wildman–Crippen LogP) is 0.510. The Balaban J connectivity index is 1.11. The molecule has 1 aromatic heterocycles. The lowest BCUT2D eigenvalue weighted by Gasteiger charge is -2.39. The topological polar surface area (TPSA) is 172 Å². The van der Waals surface area contributed by atoms with E-state index in [4.69, 9.17) is 21.4 Å². The number of aromatic nitrogens is 2. The Morgan fingerprint density at radius 3 is 2.27 bits per heavy atom. The molecule has 15 heteroatoms. The number of hydrogen-bond donors (Lipinski definition) is 6. The van der Waals surface area contributed by atoms with Crippen molar-refractivity contribution in [2.24, 2.45) is 11.8 Å². The summed E-state index contributed by atoms with van der Waals surface area (Å²) in [7, 11) is 0. The molecule has 0 aliphatic carbocycles. The summed E-state index contributed by atoms with van der Waals surface area (Å²) < 4.78 is 35.1. The van der Waals surface area contributed by atoms with E-state index in [-0.39, 0.29) is 23.8 Å². The number of likely N-dealkylation sites (tertiary alicyclic amines) is 1. The van der Waals surface area contributed by atoms with Crippen LogP contribution in [0, 0.1) is 23.5 Å². The first-order valence-electron chi connectivity index (χ1n) is 15.2. The van der Waals surface area contributed by atoms with Gasteiger partial charge >= 0.3 is 0 Å². The van der Waals surface area contributed by atoms with Gasteiger partial charge < -0.3 is 45.4 Å². The van der Waals surface area contributed by atoms with Crippen molar-refractivity contribution in [3.8, 4) is 5.75 Å². The van der Waals surface area contributed by atoms with Crippen LogP contribution in [0.1, 0.15) is 31.2 Å².